The molecule has 1 aromatic heterocycles. The average Bonchev–Trinajstić information content (AvgIpc) is 3.38. The predicted octanol–water partition coefficient (Wildman–Crippen LogP) is 3.60. The number of amides is 1. The molecule has 27 heavy (non-hydrogen) atoms. The fourth-order valence-electron chi connectivity index (χ4n) is 3.92. The summed E-state index contributed by atoms with van der Waals surface area (Å²) in [5.74, 6) is 0.929. The van der Waals surface area contributed by atoms with E-state index in [9.17, 15) is 4.79 Å². The zero-order valence-corrected chi connectivity index (χ0v) is 16.3. The fraction of sp³-hybridized carbons (Fsp3) is 0.524. The Bertz CT molecular complexity index is 841. The summed E-state index contributed by atoms with van der Waals surface area (Å²) >= 11 is 0. The molecule has 2 aliphatic rings. The van der Waals surface area contributed by atoms with Crippen molar-refractivity contribution in [1.82, 2.24) is 9.78 Å². The first-order chi connectivity index (χ1) is 13.1. The van der Waals surface area contributed by atoms with Crippen LogP contribution in [0.4, 0.5) is 5.69 Å². The number of hydrogen-bond acceptors (Lipinski definition) is 4. The van der Waals surface area contributed by atoms with E-state index in [2.05, 4.69) is 35.0 Å². The van der Waals surface area contributed by atoms with Gasteiger partial charge in [0.1, 0.15) is 12.4 Å². The number of rotatable bonds is 6. The zero-order chi connectivity index (χ0) is 19.0. The molecule has 1 fully saturated rings. The minimum Gasteiger partial charge on any atom is -0.490 e. The Labute approximate surface area is 160 Å². The molecule has 0 N–H and O–H groups in total. The number of anilines is 1. The number of carbonyl (C=O) groups excluding carboxylic acids is 1. The van der Waals surface area contributed by atoms with Crippen LogP contribution in [0.3, 0.4) is 0 Å². The second-order valence-electron chi connectivity index (χ2n) is 7.50. The smallest absolute Gasteiger partial charge is 0.224 e. The molecule has 144 valence electrons. The Morgan fingerprint density at radius 3 is 2.78 bits per heavy atom. The van der Waals surface area contributed by atoms with Crippen molar-refractivity contribution in [3.63, 3.8) is 0 Å². The third kappa shape index (κ3) is 3.46. The van der Waals surface area contributed by atoms with Crippen LogP contribution in [0.25, 0.3) is 11.1 Å². The number of carbonyl (C=O) groups is 1. The molecule has 0 radical (unpaired) electrons. The van der Waals surface area contributed by atoms with Gasteiger partial charge in [0.05, 0.1) is 24.5 Å². The highest BCUT2D eigenvalue weighted by Crippen LogP contribution is 2.43. The third-order valence-electron chi connectivity index (χ3n) is 5.45. The molecule has 4 rings (SSSR count). The van der Waals surface area contributed by atoms with E-state index in [4.69, 9.17) is 9.47 Å². The van der Waals surface area contributed by atoms with Gasteiger partial charge in [-0.1, -0.05) is 0 Å². The van der Waals surface area contributed by atoms with Gasteiger partial charge in [0, 0.05) is 43.0 Å². The summed E-state index contributed by atoms with van der Waals surface area (Å²) in [6.07, 6.45) is 8.25. The van der Waals surface area contributed by atoms with E-state index in [1.54, 1.807) is 14.0 Å². The number of fused-ring (bicyclic) bond motifs is 1. The topological polar surface area (TPSA) is 56.6 Å². The summed E-state index contributed by atoms with van der Waals surface area (Å²) in [7, 11) is 1.67. The zero-order valence-electron chi connectivity index (χ0n) is 16.3. The van der Waals surface area contributed by atoms with E-state index in [0.29, 0.717) is 19.3 Å². The van der Waals surface area contributed by atoms with E-state index >= 15 is 0 Å². The predicted molar refractivity (Wildman–Crippen MR) is 104 cm³/mol. The van der Waals surface area contributed by atoms with E-state index < -0.39 is 0 Å². The summed E-state index contributed by atoms with van der Waals surface area (Å²) in [6, 6.07) is 4.86. The van der Waals surface area contributed by atoms with Gasteiger partial charge in [-0.3, -0.25) is 9.48 Å². The van der Waals surface area contributed by atoms with Crippen LogP contribution in [0.5, 0.6) is 5.75 Å². The number of hydrogen-bond donors (Lipinski definition) is 0. The number of benzene rings is 1. The van der Waals surface area contributed by atoms with Gasteiger partial charge in [0.25, 0.3) is 0 Å². The van der Waals surface area contributed by atoms with Gasteiger partial charge in [0.2, 0.25) is 5.91 Å². The quantitative estimate of drug-likeness (QED) is 0.730. The lowest BCUT2D eigenvalue weighted by Gasteiger charge is -2.36. The van der Waals surface area contributed by atoms with Crippen LogP contribution in [0, 0.1) is 0 Å². The Kier molecular flexibility index (Phi) is 4.91. The van der Waals surface area contributed by atoms with Gasteiger partial charge in [-0.2, -0.15) is 5.10 Å². The van der Waals surface area contributed by atoms with Crippen LogP contribution in [-0.4, -0.2) is 42.1 Å². The van der Waals surface area contributed by atoms with Gasteiger partial charge in [-0.25, -0.2) is 0 Å². The van der Waals surface area contributed by atoms with E-state index in [-0.39, 0.29) is 11.9 Å². The molecule has 1 amide bonds. The number of nitrogens with zero attached hydrogens (tertiary/aromatic N) is 3. The molecule has 1 aliphatic heterocycles. The minimum absolute atomic E-state index is 0.0700. The lowest BCUT2D eigenvalue weighted by Crippen LogP contribution is -2.40. The maximum atomic E-state index is 12.2. The van der Waals surface area contributed by atoms with Gasteiger partial charge in [-0.05, 0) is 44.7 Å². The van der Waals surface area contributed by atoms with Crippen molar-refractivity contribution < 1.29 is 14.3 Å². The molecule has 1 aliphatic carbocycles. The van der Waals surface area contributed by atoms with Crippen molar-refractivity contribution in [2.75, 3.05) is 25.2 Å². The number of aromatic nitrogens is 2. The monoisotopic (exact) mass is 369 g/mol. The molecule has 1 aromatic carbocycles. The molecule has 0 bridgehead atoms. The molecular formula is C21H27N3O3. The second kappa shape index (κ2) is 7.35. The maximum absolute atomic E-state index is 12.2. The van der Waals surface area contributed by atoms with E-state index in [0.717, 1.165) is 41.0 Å². The highest BCUT2D eigenvalue weighted by atomic mass is 16.5. The van der Waals surface area contributed by atoms with Crippen LogP contribution < -0.4 is 9.64 Å². The van der Waals surface area contributed by atoms with Crippen molar-refractivity contribution in [3.05, 3.63) is 30.1 Å². The highest BCUT2D eigenvalue weighted by molar-refractivity contribution is 5.95. The average molecular weight is 369 g/mol. The fourth-order valence-corrected chi connectivity index (χ4v) is 3.92. The molecule has 2 heterocycles. The standard InChI is InChI=1S/C21H27N3O3/c1-14-4-7-19-20(24(14)15(2)25)9-8-18(21(19)27-11-10-26-3)16-12-22-23(13-16)17-5-6-17/h8-9,12-14,17H,4-7,10-11H2,1-3H3/t14-/m0/s1. The van der Waals surface area contributed by atoms with Crippen molar-refractivity contribution in [1.29, 1.82) is 0 Å². The Morgan fingerprint density at radius 2 is 2.07 bits per heavy atom. The summed E-state index contributed by atoms with van der Waals surface area (Å²) in [4.78, 5) is 14.1. The Balaban J connectivity index is 1.77. The molecule has 1 atom stereocenters. The molecule has 0 saturated heterocycles. The lowest BCUT2D eigenvalue weighted by molar-refractivity contribution is -0.117. The SMILES string of the molecule is COCCOc1c(-c2cnn(C3CC3)c2)ccc2c1CC[C@H](C)N2C(C)=O. The van der Waals surface area contributed by atoms with Crippen molar-refractivity contribution in [2.24, 2.45) is 0 Å². The van der Waals surface area contributed by atoms with E-state index in [1.807, 2.05) is 11.1 Å². The largest absolute Gasteiger partial charge is 0.490 e. The molecule has 2 aromatic rings. The molecule has 0 spiro atoms. The van der Waals surface area contributed by atoms with Crippen molar-refractivity contribution >= 4 is 11.6 Å². The normalized spacial score (nSPS) is 19.1. The first-order valence-electron chi connectivity index (χ1n) is 9.72. The van der Waals surface area contributed by atoms with Crippen LogP contribution in [-0.2, 0) is 16.0 Å². The molecule has 6 nitrogen and oxygen atoms in total. The first kappa shape index (κ1) is 18.0. The minimum atomic E-state index is 0.0700. The summed E-state index contributed by atoms with van der Waals surface area (Å²) in [5.41, 5.74) is 4.17. The van der Waals surface area contributed by atoms with Crippen molar-refractivity contribution in [3.8, 4) is 16.9 Å². The van der Waals surface area contributed by atoms with Gasteiger partial charge in [0.15, 0.2) is 0 Å². The Hall–Kier alpha value is -2.34. The second-order valence-corrected chi connectivity index (χ2v) is 7.50. The van der Waals surface area contributed by atoms with Crippen LogP contribution >= 0.6 is 0 Å². The maximum Gasteiger partial charge on any atom is 0.224 e. The third-order valence-corrected chi connectivity index (χ3v) is 5.45. The van der Waals surface area contributed by atoms with Crippen molar-refractivity contribution in [2.45, 2.75) is 51.6 Å². The van der Waals surface area contributed by atoms with Crippen LogP contribution in [0.1, 0.15) is 44.7 Å². The summed E-state index contributed by atoms with van der Waals surface area (Å²) in [5, 5.41) is 4.53. The molecular weight excluding hydrogens is 342 g/mol. The van der Waals surface area contributed by atoms with E-state index in [1.165, 1.54) is 12.8 Å². The molecule has 1 saturated carbocycles. The van der Waals surface area contributed by atoms with Crippen LogP contribution in [0.15, 0.2) is 24.5 Å². The first-order valence-corrected chi connectivity index (χ1v) is 9.72. The molecule has 0 unspecified atom stereocenters. The highest BCUT2D eigenvalue weighted by Gasteiger charge is 2.30. The number of methoxy groups -OCH3 is 1. The lowest BCUT2D eigenvalue weighted by atomic mass is 9.92. The van der Waals surface area contributed by atoms with Gasteiger partial charge < -0.3 is 14.4 Å². The van der Waals surface area contributed by atoms with Gasteiger partial charge in [-0.15, -0.1) is 0 Å². The summed E-state index contributed by atoms with van der Waals surface area (Å²) < 4.78 is 13.4. The molecule has 6 heteroatoms. The summed E-state index contributed by atoms with van der Waals surface area (Å²) in [6.45, 7) is 4.73. The number of ether oxygens (including phenoxy) is 2. The Morgan fingerprint density at radius 1 is 1.26 bits per heavy atom. The van der Waals surface area contributed by atoms with Crippen LogP contribution in [0.2, 0.25) is 0 Å². The van der Waals surface area contributed by atoms with Gasteiger partial charge >= 0.3 is 0 Å².